The number of nitrogens with one attached hydrogen (secondary N) is 1. The maximum Gasteiger partial charge on any atom is 0.0843 e. The molecule has 3 atom stereocenters. The molecule has 4 nitrogen and oxygen atoms in total. The number of hydrazine groups is 1. The van der Waals surface area contributed by atoms with Gasteiger partial charge in [0.15, 0.2) is 0 Å². The molecule has 2 aliphatic heterocycles. The van der Waals surface area contributed by atoms with Gasteiger partial charge >= 0.3 is 0 Å². The van der Waals surface area contributed by atoms with Gasteiger partial charge in [0.25, 0.3) is 0 Å². The molecule has 1 aromatic rings. The fourth-order valence-electron chi connectivity index (χ4n) is 3.38. The Hall–Kier alpha value is -0.940. The number of hydrogen-bond acceptors (Lipinski definition) is 4. The molecule has 1 saturated heterocycles. The first-order chi connectivity index (χ1) is 9.88. The summed E-state index contributed by atoms with van der Waals surface area (Å²) in [5.41, 5.74) is 5.74. The van der Waals surface area contributed by atoms with E-state index in [9.17, 15) is 0 Å². The van der Waals surface area contributed by atoms with E-state index in [0.29, 0.717) is 5.92 Å². The first kappa shape index (κ1) is 14.0. The van der Waals surface area contributed by atoms with Crippen molar-refractivity contribution >= 4 is 0 Å². The van der Waals surface area contributed by atoms with Gasteiger partial charge in [-0.15, -0.1) is 0 Å². The van der Waals surface area contributed by atoms with Gasteiger partial charge in [0, 0.05) is 12.6 Å². The number of rotatable bonds is 4. The smallest absolute Gasteiger partial charge is 0.0843 e. The second-order valence-corrected chi connectivity index (χ2v) is 5.79. The van der Waals surface area contributed by atoms with Crippen LogP contribution in [-0.4, -0.2) is 25.9 Å². The molecule has 2 aliphatic rings. The van der Waals surface area contributed by atoms with Gasteiger partial charge in [-0.3, -0.25) is 11.3 Å². The Kier molecular flexibility index (Phi) is 4.68. The molecule has 1 fully saturated rings. The van der Waals surface area contributed by atoms with Gasteiger partial charge in [-0.05, 0) is 42.7 Å². The summed E-state index contributed by atoms with van der Waals surface area (Å²) in [6.45, 7) is 2.50. The summed E-state index contributed by atoms with van der Waals surface area (Å²) in [5.74, 6) is 6.27. The standard InChI is InChI=1S/C16H24N2O2/c17-18-15(13-5-3-8-19-11-13)10-16-14-6-2-1-4-12(14)7-9-20-16/h1-2,4,6,13,15-16,18H,3,5,7-11,17H2. The first-order valence-corrected chi connectivity index (χ1v) is 7.61. The molecule has 0 spiro atoms. The summed E-state index contributed by atoms with van der Waals surface area (Å²) in [4.78, 5) is 0. The van der Waals surface area contributed by atoms with Crippen molar-refractivity contribution in [2.24, 2.45) is 11.8 Å². The average molecular weight is 276 g/mol. The largest absolute Gasteiger partial charge is 0.381 e. The molecule has 3 N–H and O–H groups in total. The van der Waals surface area contributed by atoms with Gasteiger partial charge in [0.1, 0.15) is 0 Å². The number of nitrogens with two attached hydrogens (primary N) is 1. The highest BCUT2D eigenvalue weighted by molar-refractivity contribution is 5.31. The van der Waals surface area contributed by atoms with E-state index in [-0.39, 0.29) is 12.1 Å². The van der Waals surface area contributed by atoms with Crippen LogP contribution in [0.3, 0.4) is 0 Å². The third kappa shape index (κ3) is 3.04. The summed E-state index contributed by atoms with van der Waals surface area (Å²) in [5, 5.41) is 0. The molecule has 3 unspecified atom stereocenters. The zero-order chi connectivity index (χ0) is 13.8. The van der Waals surface area contributed by atoms with Gasteiger partial charge in [0.2, 0.25) is 0 Å². The fraction of sp³-hybridized carbons (Fsp3) is 0.625. The quantitative estimate of drug-likeness (QED) is 0.652. The minimum Gasteiger partial charge on any atom is -0.381 e. The SMILES string of the molecule is NNC(CC1OCCc2ccccc21)C1CCCOC1. The van der Waals surface area contributed by atoms with Crippen LogP contribution >= 0.6 is 0 Å². The van der Waals surface area contributed by atoms with E-state index in [0.717, 1.165) is 39.1 Å². The first-order valence-electron chi connectivity index (χ1n) is 7.61. The minimum absolute atomic E-state index is 0.155. The molecule has 3 rings (SSSR count). The van der Waals surface area contributed by atoms with Gasteiger partial charge in [-0.2, -0.15) is 0 Å². The predicted molar refractivity (Wildman–Crippen MR) is 78.1 cm³/mol. The van der Waals surface area contributed by atoms with Crippen LogP contribution < -0.4 is 11.3 Å². The second-order valence-electron chi connectivity index (χ2n) is 5.79. The third-order valence-corrected chi connectivity index (χ3v) is 4.54. The molecular weight excluding hydrogens is 252 g/mol. The van der Waals surface area contributed by atoms with Crippen LogP contribution in [0.15, 0.2) is 24.3 Å². The average Bonchev–Trinajstić information content (AvgIpc) is 2.53. The molecular formula is C16H24N2O2. The van der Waals surface area contributed by atoms with Gasteiger partial charge < -0.3 is 9.47 Å². The summed E-state index contributed by atoms with van der Waals surface area (Å²) in [6, 6.07) is 8.85. The molecule has 4 heteroatoms. The summed E-state index contributed by atoms with van der Waals surface area (Å²) < 4.78 is 11.6. The lowest BCUT2D eigenvalue weighted by molar-refractivity contribution is 0.00117. The highest BCUT2D eigenvalue weighted by Crippen LogP contribution is 2.32. The molecule has 0 aliphatic carbocycles. The van der Waals surface area contributed by atoms with E-state index in [1.54, 1.807) is 0 Å². The van der Waals surface area contributed by atoms with E-state index in [2.05, 4.69) is 29.7 Å². The van der Waals surface area contributed by atoms with Crippen LogP contribution in [0, 0.1) is 5.92 Å². The van der Waals surface area contributed by atoms with Gasteiger partial charge in [-0.25, -0.2) is 0 Å². The van der Waals surface area contributed by atoms with Crippen LogP contribution in [0.5, 0.6) is 0 Å². The predicted octanol–water partition coefficient (Wildman–Crippen LogP) is 1.95. The number of ether oxygens (including phenoxy) is 2. The lowest BCUT2D eigenvalue weighted by atomic mass is 9.86. The molecule has 0 aromatic heterocycles. The van der Waals surface area contributed by atoms with Crippen molar-refractivity contribution in [2.45, 2.75) is 37.8 Å². The van der Waals surface area contributed by atoms with Crippen molar-refractivity contribution in [2.75, 3.05) is 19.8 Å². The van der Waals surface area contributed by atoms with Crippen LogP contribution in [-0.2, 0) is 15.9 Å². The summed E-state index contributed by atoms with van der Waals surface area (Å²) in [6.07, 6.45) is 4.40. The van der Waals surface area contributed by atoms with Crippen molar-refractivity contribution in [1.82, 2.24) is 5.43 Å². The van der Waals surface area contributed by atoms with E-state index < -0.39 is 0 Å². The van der Waals surface area contributed by atoms with Crippen molar-refractivity contribution < 1.29 is 9.47 Å². The Morgan fingerprint density at radius 3 is 3.00 bits per heavy atom. The minimum atomic E-state index is 0.155. The molecule has 2 heterocycles. The Balaban J connectivity index is 1.70. The zero-order valence-electron chi connectivity index (χ0n) is 11.9. The maximum absolute atomic E-state index is 5.99. The van der Waals surface area contributed by atoms with Crippen molar-refractivity contribution in [1.29, 1.82) is 0 Å². The number of benzene rings is 1. The van der Waals surface area contributed by atoms with Gasteiger partial charge in [-0.1, -0.05) is 24.3 Å². The number of hydrogen-bond donors (Lipinski definition) is 2. The molecule has 110 valence electrons. The summed E-state index contributed by atoms with van der Waals surface area (Å²) in [7, 11) is 0. The topological polar surface area (TPSA) is 56.5 Å². The Labute approximate surface area is 120 Å². The maximum atomic E-state index is 5.99. The van der Waals surface area contributed by atoms with Gasteiger partial charge in [0.05, 0.1) is 19.3 Å². The Morgan fingerprint density at radius 2 is 2.20 bits per heavy atom. The Bertz CT molecular complexity index is 432. The molecule has 0 amide bonds. The molecule has 20 heavy (non-hydrogen) atoms. The van der Waals surface area contributed by atoms with Crippen LogP contribution in [0.25, 0.3) is 0 Å². The van der Waals surface area contributed by atoms with Crippen LogP contribution in [0.2, 0.25) is 0 Å². The van der Waals surface area contributed by atoms with Crippen molar-refractivity contribution in [3.63, 3.8) is 0 Å². The molecule has 0 radical (unpaired) electrons. The summed E-state index contributed by atoms with van der Waals surface area (Å²) >= 11 is 0. The highest BCUT2D eigenvalue weighted by Gasteiger charge is 2.29. The molecule has 0 bridgehead atoms. The van der Waals surface area contributed by atoms with E-state index in [1.807, 2.05) is 0 Å². The van der Waals surface area contributed by atoms with E-state index in [1.165, 1.54) is 17.5 Å². The van der Waals surface area contributed by atoms with Crippen molar-refractivity contribution in [3.8, 4) is 0 Å². The fourth-order valence-corrected chi connectivity index (χ4v) is 3.38. The highest BCUT2D eigenvalue weighted by atomic mass is 16.5. The third-order valence-electron chi connectivity index (χ3n) is 4.54. The molecule has 0 saturated carbocycles. The van der Waals surface area contributed by atoms with E-state index in [4.69, 9.17) is 15.3 Å². The number of fused-ring (bicyclic) bond motifs is 1. The monoisotopic (exact) mass is 276 g/mol. The molecule has 1 aromatic carbocycles. The normalized spacial score (nSPS) is 27.9. The van der Waals surface area contributed by atoms with E-state index >= 15 is 0 Å². The van der Waals surface area contributed by atoms with Crippen molar-refractivity contribution in [3.05, 3.63) is 35.4 Å². The Morgan fingerprint density at radius 1 is 1.30 bits per heavy atom. The second kappa shape index (κ2) is 6.68. The van der Waals surface area contributed by atoms with Crippen LogP contribution in [0.4, 0.5) is 0 Å². The lowest BCUT2D eigenvalue weighted by Gasteiger charge is -2.34. The lowest BCUT2D eigenvalue weighted by Crippen LogP contribution is -2.45. The van der Waals surface area contributed by atoms with Crippen LogP contribution in [0.1, 0.15) is 36.5 Å². The zero-order valence-corrected chi connectivity index (χ0v) is 11.9.